The minimum atomic E-state index is -3.47. The molecule has 0 atom stereocenters. The molecular weight excluding hydrogens is 406 g/mol. The molecule has 0 radical (unpaired) electrons. The van der Waals surface area contributed by atoms with Crippen molar-refractivity contribution in [3.8, 4) is 5.75 Å². The van der Waals surface area contributed by atoms with E-state index >= 15 is 0 Å². The first-order valence-corrected chi connectivity index (χ1v) is 13.3. The third-order valence-corrected chi connectivity index (χ3v) is 8.54. The summed E-state index contributed by atoms with van der Waals surface area (Å²) < 4.78 is 33.2. The van der Waals surface area contributed by atoms with Gasteiger partial charge in [0.2, 0.25) is 0 Å². The minimum Gasteiger partial charge on any atom is -0.496 e. The Morgan fingerprint density at radius 1 is 1.00 bits per heavy atom. The molecule has 170 valence electrons. The summed E-state index contributed by atoms with van der Waals surface area (Å²) in [5.74, 6) is 0.859. The highest BCUT2D eigenvalue weighted by Crippen LogP contribution is 2.46. The quantitative estimate of drug-likeness (QED) is 0.441. The summed E-state index contributed by atoms with van der Waals surface area (Å²) in [7, 11) is -1.85. The van der Waals surface area contributed by atoms with Gasteiger partial charge in [-0.25, -0.2) is 8.42 Å². The summed E-state index contributed by atoms with van der Waals surface area (Å²) >= 11 is 0. The number of para-hydroxylation sites is 1. The molecule has 0 amide bonds. The average Bonchev–Trinajstić information content (AvgIpc) is 2.88. The normalized spacial score (nSPS) is 17.1. The number of unbranched alkanes of at least 4 members (excludes halogenated alkanes) is 2. The predicted octanol–water partition coefficient (Wildman–Crippen LogP) is 6.55. The lowest BCUT2D eigenvalue weighted by atomic mass is 9.79. The second-order valence-corrected chi connectivity index (χ2v) is 10.8. The third kappa shape index (κ3) is 5.08. The summed E-state index contributed by atoms with van der Waals surface area (Å²) in [6.07, 6.45) is 6.87. The van der Waals surface area contributed by atoms with Gasteiger partial charge in [0.25, 0.3) is 0 Å². The molecule has 0 aromatic heterocycles. The van der Waals surface area contributed by atoms with Gasteiger partial charge in [-0.1, -0.05) is 64.7 Å². The van der Waals surface area contributed by atoms with Crippen LogP contribution in [0.15, 0.2) is 47.4 Å². The maximum absolute atomic E-state index is 13.8. The summed E-state index contributed by atoms with van der Waals surface area (Å²) in [5.41, 5.74) is 2.61. The fourth-order valence-electron chi connectivity index (χ4n) is 4.84. The van der Waals surface area contributed by atoms with Crippen molar-refractivity contribution < 1.29 is 13.2 Å². The zero-order valence-corrected chi connectivity index (χ0v) is 20.3. The number of anilines is 2. The van der Waals surface area contributed by atoms with Gasteiger partial charge >= 0.3 is 0 Å². The van der Waals surface area contributed by atoms with Crippen molar-refractivity contribution in [1.82, 2.24) is 0 Å². The van der Waals surface area contributed by atoms with Gasteiger partial charge in [0.05, 0.1) is 23.4 Å². The Balaban J connectivity index is 2.25. The zero-order valence-electron chi connectivity index (χ0n) is 19.5. The second-order valence-electron chi connectivity index (χ2n) is 8.87. The van der Waals surface area contributed by atoms with Crippen molar-refractivity contribution in [2.45, 2.75) is 70.6 Å². The Kier molecular flexibility index (Phi) is 7.68. The topological polar surface area (TPSA) is 46.6 Å². The smallest absolute Gasteiger partial charge is 0.181 e. The van der Waals surface area contributed by atoms with Gasteiger partial charge in [0.1, 0.15) is 5.75 Å². The number of sulfone groups is 1. The number of methoxy groups -OCH3 is 1. The number of fused-ring (bicyclic) bond motifs is 1. The van der Waals surface area contributed by atoms with E-state index in [-0.39, 0.29) is 11.2 Å². The molecule has 4 nitrogen and oxygen atoms in total. The molecule has 2 aromatic rings. The van der Waals surface area contributed by atoms with Gasteiger partial charge in [-0.2, -0.15) is 0 Å². The van der Waals surface area contributed by atoms with Crippen molar-refractivity contribution >= 4 is 21.2 Å². The van der Waals surface area contributed by atoms with E-state index in [9.17, 15) is 8.42 Å². The number of hydrogen-bond donors (Lipinski definition) is 0. The second kappa shape index (κ2) is 10.1. The molecule has 3 rings (SSSR count). The van der Waals surface area contributed by atoms with Crippen LogP contribution >= 0.6 is 0 Å². The maximum atomic E-state index is 13.8. The Bertz CT molecular complexity index is 962. The standard InChI is InChI=1S/C26H37NO3S/c1-5-8-15-26(16-9-6-2)19-27(22-13-11-10-12-14-22)23-17-21(7-3)24(30-4)18-25(23)31(28,29)20-26/h10-14,17-18H,5-9,15-16,19-20H2,1-4H3. The molecule has 0 fully saturated rings. The highest BCUT2D eigenvalue weighted by atomic mass is 32.2. The molecule has 0 unspecified atom stereocenters. The van der Waals surface area contributed by atoms with Gasteiger partial charge in [-0.15, -0.1) is 0 Å². The monoisotopic (exact) mass is 443 g/mol. The van der Waals surface area contributed by atoms with Crippen molar-refractivity contribution in [3.63, 3.8) is 0 Å². The number of rotatable bonds is 9. The molecule has 5 heteroatoms. The lowest BCUT2D eigenvalue weighted by Crippen LogP contribution is -2.38. The number of nitrogens with zero attached hydrogens (tertiary/aromatic N) is 1. The Morgan fingerprint density at radius 2 is 1.65 bits per heavy atom. The third-order valence-electron chi connectivity index (χ3n) is 6.55. The van der Waals surface area contributed by atoms with Crippen molar-refractivity contribution in [2.24, 2.45) is 5.41 Å². The van der Waals surface area contributed by atoms with Crippen molar-refractivity contribution in [2.75, 3.05) is 24.3 Å². The SMILES string of the molecule is CCCCC1(CCCC)CN(c2ccccc2)c2cc(CC)c(OC)cc2S(=O)(=O)C1. The Morgan fingerprint density at radius 3 is 2.19 bits per heavy atom. The van der Waals surface area contributed by atoms with Crippen LogP contribution in [-0.2, 0) is 16.3 Å². The number of hydrogen-bond acceptors (Lipinski definition) is 4. The maximum Gasteiger partial charge on any atom is 0.181 e. The average molecular weight is 444 g/mol. The molecule has 31 heavy (non-hydrogen) atoms. The van der Waals surface area contributed by atoms with Crippen LogP contribution < -0.4 is 9.64 Å². The molecule has 1 aliphatic rings. The van der Waals surface area contributed by atoms with Gasteiger partial charge < -0.3 is 9.64 Å². The van der Waals surface area contributed by atoms with E-state index in [1.54, 1.807) is 13.2 Å². The summed E-state index contributed by atoms with van der Waals surface area (Å²) in [4.78, 5) is 2.66. The molecular formula is C26H37NO3S. The van der Waals surface area contributed by atoms with Crippen LogP contribution in [0.25, 0.3) is 0 Å². The molecule has 1 aliphatic heterocycles. The first-order valence-electron chi connectivity index (χ1n) is 11.7. The lowest BCUT2D eigenvalue weighted by molar-refractivity contribution is 0.270. The van der Waals surface area contributed by atoms with Crippen LogP contribution in [0, 0.1) is 5.41 Å². The van der Waals surface area contributed by atoms with E-state index in [2.05, 4.69) is 37.8 Å². The van der Waals surface area contributed by atoms with E-state index in [1.165, 1.54) is 0 Å². The summed E-state index contributed by atoms with van der Waals surface area (Å²) in [6, 6.07) is 14.0. The van der Waals surface area contributed by atoms with E-state index in [0.717, 1.165) is 68.4 Å². The highest BCUT2D eigenvalue weighted by Gasteiger charge is 2.42. The molecule has 0 saturated heterocycles. The van der Waals surface area contributed by atoms with Crippen LogP contribution in [-0.4, -0.2) is 27.8 Å². The van der Waals surface area contributed by atoms with Gasteiger partial charge in [0, 0.05) is 23.7 Å². The summed E-state index contributed by atoms with van der Waals surface area (Å²) in [5, 5.41) is 0. The van der Waals surface area contributed by atoms with Crippen LogP contribution in [0.5, 0.6) is 5.75 Å². The predicted molar refractivity (Wildman–Crippen MR) is 129 cm³/mol. The van der Waals surface area contributed by atoms with Crippen LogP contribution in [0.1, 0.15) is 64.9 Å². The molecule has 0 bridgehead atoms. The van der Waals surface area contributed by atoms with Crippen LogP contribution in [0.2, 0.25) is 0 Å². The van der Waals surface area contributed by atoms with Gasteiger partial charge in [0.15, 0.2) is 9.84 Å². The zero-order chi connectivity index (χ0) is 22.5. The Labute approximate surface area is 188 Å². The fourth-order valence-corrected chi connectivity index (χ4v) is 6.95. The Hall–Kier alpha value is -2.01. The highest BCUT2D eigenvalue weighted by molar-refractivity contribution is 7.91. The largest absolute Gasteiger partial charge is 0.496 e. The number of ether oxygens (including phenoxy) is 1. The molecule has 0 spiro atoms. The molecule has 1 heterocycles. The molecule has 0 N–H and O–H groups in total. The molecule has 2 aromatic carbocycles. The van der Waals surface area contributed by atoms with E-state index in [4.69, 9.17) is 4.74 Å². The van der Waals surface area contributed by atoms with Crippen LogP contribution in [0.3, 0.4) is 0 Å². The first kappa shape index (κ1) is 23.6. The van der Waals surface area contributed by atoms with E-state index < -0.39 is 9.84 Å². The van der Waals surface area contributed by atoms with Gasteiger partial charge in [-0.05, 0) is 43.0 Å². The first-order chi connectivity index (χ1) is 14.9. The van der Waals surface area contributed by atoms with E-state index in [0.29, 0.717) is 10.6 Å². The van der Waals surface area contributed by atoms with Crippen molar-refractivity contribution in [1.29, 1.82) is 0 Å². The minimum absolute atomic E-state index is 0.199. The van der Waals surface area contributed by atoms with Gasteiger partial charge in [-0.3, -0.25) is 0 Å². The summed E-state index contributed by atoms with van der Waals surface area (Å²) in [6.45, 7) is 7.16. The fraction of sp³-hybridized carbons (Fsp3) is 0.538. The lowest BCUT2D eigenvalue weighted by Gasteiger charge is -2.37. The van der Waals surface area contributed by atoms with Crippen LogP contribution in [0.4, 0.5) is 11.4 Å². The number of aryl methyl sites for hydroxylation is 1. The number of benzene rings is 2. The molecule has 0 saturated carbocycles. The van der Waals surface area contributed by atoms with E-state index in [1.807, 2.05) is 24.3 Å². The molecule has 0 aliphatic carbocycles. The van der Waals surface area contributed by atoms with Crippen molar-refractivity contribution in [3.05, 3.63) is 48.0 Å².